The third-order valence-corrected chi connectivity index (χ3v) is 4.28. The lowest BCUT2D eigenvalue weighted by Gasteiger charge is -2.12. The standard InChI is InChI=1S/C15H11Cl2IN2OS/c1-8-6-10(18)3-5-13(8)19-15(22)20-14(21)11-7-9(16)2-4-12(11)17/h2-7H,1H3,(H2,19,20,21,22). The molecule has 0 aromatic heterocycles. The predicted molar refractivity (Wildman–Crippen MR) is 104 cm³/mol. The number of rotatable bonds is 2. The summed E-state index contributed by atoms with van der Waals surface area (Å²) in [6.45, 7) is 1.96. The van der Waals surface area contributed by atoms with Crippen LogP contribution in [0, 0.1) is 10.5 Å². The van der Waals surface area contributed by atoms with Crippen molar-refractivity contribution in [1.82, 2.24) is 5.32 Å². The summed E-state index contributed by atoms with van der Waals surface area (Å²) in [6.07, 6.45) is 0. The first-order valence-corrected chi connectivity index (χ1v) is 8.44. The number of nitrogens with one attached hydrogen (secondary N) is 2. The molecule has 0 atom stereocenters. The van der Waals surface area contributed by atoms with Crippen molar-refractivity contribution in [2.24, 2.45) is 0 Å². The highest BCUT2D eigenvalue weighted by molar-refractivity contribution is 14.1. The van der Waals surface area contributed by atoms with E-state index in [2.05, 4.69) is 33.2 Å². The maximum Gasteiger partial charge on any atom is 0.258 e. The normalized spacial score (nSPS) is 10.2. The topological polar surface area (TPSA) is 41.1 Å². The summed E-state index contributed by atoms with van der Waals surface area (Å²) < 4.78 is 1.13. The molecule has 0 fully saturated rings. The number of hydrogen-bond donors (Lipinski definition) is 2. The third kappa shape index (κ3) is 4.55. The minimum absolute atomic E-state index is 0.199. The van der Waals surface area contributed by atoms with Gasteiger partial charge in [0.05, 0.1) is 10.6 Å². The van der Waals surface area contributed by atoms with E-state index in [1.165, 1.54) is 6.07 Å². The summed E-state index contributed by atoms with van der Waals surface area (Å²) in [5.74, 6) is -0.409. The third-order valence-electron chi connectivity index (χ3n) is 2.84. The molecule has 0 spiro atoms. The first-order chi connectivity index (χ1) is 10.4. The highest BCUT2D eigenvalue weighted by atomic mass is 127. The van der Waals surface area contributed by atoms with E-state index in [0.717, 1.165) is 14.8 Å². The van der Waals surface area contributed by atoms with Crippen molar-refractivity contribution in [2.75, 3.05) is 5.32 Å². The van der Waals surface area contributed by atoms with Crippen molar-refractivity contribution in [3.8, 4) is 0 Å². The highest BCUT2D eigenvalue weighted by Gasteiger charge is 2.13. The Morgan fingerprint density at radius 3 is 2.59 bits per heavy atom. The van der Waals surface area contributed by atoms with Crippen molar-refractivity contribution in [1.29, 1.82) is 0 Å². The lowest BCUT2D eigenvalue weighted by atomic mass is 10.2. The Balaban J connectivity index is 2.08. The molecule has 0 heterocycles. The van der Waals surface area contributed by atoms with Crippen LogP contribution in [0.4, 0.5) is 5.69 Å². The smallest absolute Gasteiger partial charge is 0.258 e. The molecule has 2 rings (SSSR count). The molecule has 0 aliphatic rings. The second-order valence-electron chi connectivity index (χ2n) is 4.49. The van der Waals surface area contributed by atoms with E-state index in [1.807, 2.05) is 25.1 Å². The van der Waals surface area contributed by atoms with Crippen molar-refractivity contribution in [2.45, 2.75) is 6.92 Å². The van der Waals surface area contributed by atoms with Gasteiger partial charge < -0.3 is 5.32 Å². The Hall–Kier alpha value is -0.890. The average Bonchev–Trinajstić information content (AvgIpc) is 2.44. The number of aryl methyl sites for hydroxylation is 1. The second-order valence-corrected chi connectivity index (χ2v) is 6.99. The van der Waals surface area contributed by atoms with Crippen molar-refractivity contribution >= 4 is 74.7 Å². The summed E-state index contributed by atoms with van der Waals surface area (Å²) in [6, 6.07) is 10.6. The first kappa shape index (κ1) is 17.5. The van der Waals surface area contributed by atoms with Crippen LogP contribution in [-0.4, -0.2) is 11.0 Å². The highest BCUT2D eigenvalue weighted by Crippen LogP contribution is 2.21. The van der Waals surface area contributed by atoms with Crippen LogP contribution in [0.5, 0.6) is 0 Å². The van der Waals surface area contributed by atoms with E-state index in [-0.39, 0.29) is 10.7 Å². The largest absolute Gasteiger partial charge is 0.332 e. The van der Waals surface area contributed by atoms with E-state index < -0.39 is 5.91 Å². The molecule has 2 aromatic carbocycles. The van der Waals surface area contributed by atoms with Crippen LogP contribution in [0.25, 0.3) is 0 Å². The first-order valence-electron chi connectivity index (χ1n) is 6.20. The maximum atomic E-state index is 12.2. The Kier molecular flexibility index (Phi) is 6.02. The fourth-order valence-electron chi connectivity index (χ4n) is 1.76. The van der Waals surface area contributed by atoms with Crippen molar-refractivity contribution in [3.63, 3.8) is 0 Å². The van der Waals surface area contributed by atoms with Crippen molar-refractivity contribution in [3.05, 3.63) is 61.1 Å². The molecule has 0 unspecified atom stereocenters. The molecular formula is C15H11Cl2IN2OS. The molecule has 1 amide bonds. The fourth-order valence-corrected chi connectivity index (χ4v) is 2.99. The summed E-state index contributed by atoms with van der Waals surface area (Å²) in [7, 11) is 0. The van der Waals surface area contributed by atoms with Gasteiger partial charge in [0.15, 0.2) is 5.11 Å². The van der Waals surface area contributed by atoms with Crippen LogP contribution in [0.2, 0.25) is 10.0 Å². The lowest BCUT2D eigenvalue weighted by molar-refractivity contribution is 0.0978. The van der Waals surface area contributed by atoms with Gasteiger partial charge in [0.25, 0.3) is 5.91 Å². The molecular weight excluding hydrogens is 454 g/mol. The molecule has 7 heteroatoms. The molecule has 0 saturated heterocycles. The molecule has 0 radical (unpaired) electrons. The SMILES string of the molecule is Cc1cc(I)ccc1NC(=S)NC(=O)c1cc(Cl)ccc1Cl. The van der Waals surface area contributed by atoms with Gasteiger partial charge in [-0.25, -0.2) is 0 Å². The van der Waals surface area contributed by atoms with Gasteiger partial charge in [0.2, 0.25) is 0 Å². The Morgan fingerprint density at radius 2 is 1.91 bits per heavy atom. The molecule has 0 bridgehead atoms. The van der Waals surface area contributed by atoms with Crippen molar-refractivity contribution < 1.29 is 4.79 Å². The zero-order valence-corrected chi connectivity index (χ0v) is 15.9. The van der Waals surface area contributed by atoms with E-state index >= 15 is 0 Å². The Bertz CT molecular complexity index is 752. The summed E-state index contributed by atoms with van der Waals surface area (Å²) in [5, 5.41) is 6.53. The Morgan fingerprint density at radius 1 is 1.18 bits per heavy atom. The fraction of sp³-hybridized carbons (Fsp3) is 0.0667. The molecule has 2 N–H and O–H groups in total. The zero-order chi connectivity index (χ0) is 16.3. The molecule has 0 aliphatic carbocycles. The number of amides is 1. The monoisotopic (exact) mass is 464 g/mol. The molecule has 0 saturated carbocycles. The minimum atomic E-state index is -0.409. The molecule has 22 heavy (non-hydrogen) atoms. The van der Waals surface area contributed by atoms with Gasteiger partial charge in [-0.2, -0.15) is 0 Å². The van der Waals surface area contributed by atoms with Gasteiger partial charge in [-0.15, -0.1) is 0 Å². The van der Waals surface area contributed by atoms with Crippen LogP contribution in [-0.2, 0) is 0 Å². The van der Waals surface area contributed by atoms with Gasteiger partial charge in [0, 0.05) is 14.3 Å². The number of carbonyl (C=O) groups is 1. The molecule has 0 aliphatic heterocycles. The van der Waals surface area contributed by atoms with Gasteiger partial charge in [-0.05, 0) is 83.7 Å². The van der Waals surface area contributed by atoms with E-state index in [9.17, 15) is 4.79 Å². The van der Waals surface area contributed by atoms with Gasteiger partial charge >= 0.3 is 0 Å². The van der Waals surface area contributed by atoms with E-state index in [4.69, 9.17) is 35.4 Å². The zero-order valence-electron chi connectivity index (χ0n) is 11.4. The lowest BCUT2D eigenvalue weighted by Crippen LogP contribution is -2.34. The summed E-state index contributed by atoms with van der Waals surface area (Å²) in [4.78, 5) is 12.2. The van der Waals surface area contributed by atoms with Gasteiger partial charge in [-0.1, -0.05) is 23.2 Å². The Labute approximate surface area is 157 Å². The number of halogens is 3. The summed E-state index contributed by atoms with van der Waals surface area (Å²) in [5.41, 5.74) is 2.14. The maximum absolute atomic E-state index is 12.2. The van der Waals surface area contributed by atoms with E-state index in [0.29, 0.717) is 10.0 Å². The number of benzene rings is 2. The van der Waals surface area contributed by atoms with Gasteiger partial charge in [0.1, 0.15) is 0 Å². The molecule has 114 valence electrons. The van der Waals surface area contributed by atoms with Crippen LogP contribution < -0.4 is 10.6 Å². The molecule has 3 nitrogen and oxygen atoms in total. The quantitative estimate of drug-likeness (QED) is 0.483. The number of anilines is 1. The van der Waals surface area contributed by atoms with Gasteiger partial charge in [-0.3, -0.25) is 10.1 Å². The van der Waals surface area contributed by atoms with Crippen LogP contribution >= 0.6 is 58.0 Å². The second kappa shape index (κ2) is 7.59. The van der Waals surface area contributed by atoms with E-state index in [1.54, 1.807) is 12.1 Å². The van der Waals surface area contributed by atoms with Crippen LogP contribution in [0.15, 0.2) is 36.4 Å². The molecule has 2 aromatic rings. The van der Waals surface area contributed by atoms with Crippen LogP contribution in [0.1, 0.15) is 15.9 Å². The summed E-state index contributed by atoms with van der Waals surface area (Å²) >= 11 is 19.3. The number of carbonyl (C=O) groups excluding carboxylic acids is 1. The van der Waals surface area contributed by atoms with Crippen LogP contribution in [0.3, 0.4) is 0 Å². The number of hydrogen-bond acceptors (Lipinski definition) is 2. The average molecular weight is 465 g/mol. The minimum Gasteiger partial charge on any atom is -0.332 e. The predicted octanol–water partition coefficient (Wildman–Crippen LogP) is 5.03. The number of thiocarbonyl (C=S) groups is 1.